The minimum Gasteiger partial charge on any atom is -0.554 e. The third-order valence-corrected chi connectivity index (χ3v) is 1.54. The average molecular weight is 362 g/mol. The molecular formula is C9H11AcO-. The van der Waals surface area contributed by atoms with Gasteiger partial charge >= 0.3 is 0 Å². The van der Waals surface area contributed by atoms with Gasteiger partial charge in [0, 0.05) is 49.8 Å². The second-order valence-corrected chi connectivity index (χ2v) is 2.32. The normalized spacial score (nSPS) is 8.64. The molecule has 0 unspecified atom stereocenters. The first-order valence-corrected chi connectivity index (χ1v) is 3.27. The van der Waals surface area contributed by atoms with E-state index in [0.717, 1.165) is 11.3 Å². The predicted octanol–water partition coefficient (Wildman–Crippen LogP) is 2.11. The Morgan fingerprint density at radius 3 is 2.36 bits per heavy atom. The molecule has 0 bridgehead atoms. The Bertz CT molecular complexity index is 213. The van der Waals surface area contributed by atoms with Crippen LogP contribution in [0.25, 0.3) is 0 Å². The average Bonchev–Trinajstić information content (AvgIpc) is 1.88. The molecule has 0 aliphatic heterocycles. The molecule has 0 spiro atoms. The molecule has 1 aromatic carbocycles. The summed E-state index contributed by atoms with van der Waals surface area (Å²) in [7, 11) is 1.68. The van der Waals surface area contributed by atoms with E-state index in [0.29, 0.717) is 0 Å². The minimum absolute atomic E-state index is 0. The van der Waals surface area contributed by atoms with Crippen LogP contribution >= 0.6 is 0 Å². The Hall–Kier alpha value is 0.462. The van der Waals surface area contributed by atoms with E-state index in [9.17, 15) is 0 Å². The summed E-state index contributed by atoms with van der Waals surface area (Å²) in [5, 5.41) is 0. The van der Waals surface area contributed by atoms with Crippen molar-refractivity contribution >= 4 is 0 Å². The maximum Gasteiger partial charge on any atom is 0.0607 e. The van der Waals surface area contributed by atoms with Crippen molar-refractivity contribution in [1.29, 1.82) is 0 Å². The summed E-state index contributed by atoms with van der Waals surface area (Å²) in [4.78, 5) is 0. The van der Waals surface area contributed by atoms with Crippen LogP contribution in [0.1, 0.15) is 11.1 Å². The van der Waals surface area contributed by atoms with Crippen molar-refractivity contribution < 1.29 is 48.8 Å². The molecule has 0 aliphatic rings. The summed E-state index contributed by atoms with van der Waals surface area (Å²) in [5.41, 5.74) is 2.24. The number of ether oxygens (including phenoxy) is 1. The molecule has 0 saturated carbocycles. The number of aryl methyl sites for hydroxylation is 2. The molecule has 1 rings (SSSR count). The largest absolute Gasteiger partial charge is 0.554 e. The van der Waals surface area contributed by atoms with Crippen molar-refractivity contribution in [3.8, 4) is 5.75 Å². The second-order valence-electron chi connectivity index (χ2n) is 2.32. The van der Waals surface area contributed by atoms with E-state index in [1.165, 1.54) is 5.56 Å². The van der Waals surface area contributed by atoms with Gasteiger partial charge in [-0.1, -0.05) is 13.8 Å². The molecule has 0 atom stereocenters. The number of methoxy groups -OCH3 is 1. The van der Waals surface area contributed by atoms with Crippen molar-refractivity contribution in [3.05, 3.63) is 29.3 Å². The van der Waals surface area contributed by atoms with Crippen LogP contribution in [0, 0.1) is 64.0 Å². The van der Waals surface area contributed by atoms with Crippen LogP contribution in [-0.4, -0.2) is 7.11 Å². The summed E-state index contributed by atoms with van der Waals surface area (Å²) in [6, 6.07) is 6.97. The van der Waals surface area contributed by atoms with Gasteiger partial charge in [0.15, 0.2) is 0 Å². The molecule has 2 heteroatoms. The van der Waals surface area contributed by atoms with Gasteiger partial charge in [-0.2, -0.15) is 18.2 Å². The van der Waals surface area contributed by atoms with Gasteiger partial charge in [-0.15, -0.1) is 11.1 Å². The Balaban J connectivity index is 0.000001000. The van der Waals surface area contributed by atoms with E-state index in [1.54, 1.807) is 7.11 Å². The van der Waals surface area contributed by atoms with Crippen LogP contribution in [0.15, 0.2) is 12.1 Å². The summed E-state index contributed by atoms with van der Waals surface area (Å²) in [5.74, 6) is 0.947. The molecule has 57 valence electrons. The standard InChI is InChI=1S/C9H11O.Ac/c1-7-5-4-6-8(2)9(7)10-3;/h4-5H,1-3H3;/q-1;. The Morgan fingerprint density at radius 2 is 2.00 bits per heavy atom. The van der Waals surface area contributed by atoms with Crippen LogP contribution in [-0.2, 0) is 0 Å². The zero-order valence-corrected chi connectivity index (χ0v) is 11.9. The van der Waals surface area contributed by atoms with Crippen LogP contribution < -0.4 is 4.74 Å². The molecule has 0 aromatic heterocycles. The molecule has 0 heterocycles. The molecule has 0 saturated heterocycles. The topological polar surface area (TPSA) is 9.23 Å². The third kappa shape index (κ3) is 2.76. The van der Waals surface area contributed by atoms with Gasteiger partial charge in [-0.05, 0) is 0 Å². The fourth-order valence-corrected chi connectivity index (χ4v) is 1.04. The van der Waals surface area contributed by atoms with Crippen LogP contribution in [0.3, 0.4) is 0 Å². The quantitative estimate of drug-likeness (QED) is 0.696. The van der Waals surface area contributed by atoms with Gasteiger partial charge in [-0.3, -0.25) is 0 Å². The van der Waals surface area contributed by atoms with Gasteiger partial charge in [0.05, 0.1) is 7.11 Å². The zero-order chi connectivity index (χ0) is 7.56. The number of rotatable bonds is 1. The van der Waals surface area contributed by atoms with Crippen molar-refractivity contribution in [2.75, 3.05) is 7.11 Å². The van der Waals surface area contributed by atoms with Gasteiger partial charge in [0.1, 0.15) is 0 Å². The first-order valence-electron chi connectivity index (χ1n) is 3.27. The summed E-state index contributed by atoms with van der Waals surface area (Å²) in [6.45, 7) is 4.02. The van der Waals surface area contributed by atoms with E-state index in [1.807, 2.05) is 26.0 Å². The van der Waals surface area contributed by atoms with Crippen LogP contribution in [0.2, 0.25) is 0 Å². The molecule has 0 N–H and O–H groups in total. The van der Waals surface area contributed by atoms with Gasteiger partial charge < -0.3 is 4.74 Å². The first-order chi connectivity index (χ1) is 4.75. The SMILES string of the molecule is COc1c(C)[c-]ccc1C.[Ac]. The Morgan fingerprint density at radius 1 is 1.36 bits per heavy atom. The second kappa shape index (κ2) is 5.17. The molecule has 1 radical (unpaired) electrons. The third-order valence-electron chi connectivity index (χ3n) is 1.54. The first kappa shape index (κ1) is 11.5. The summed E-state index contributed by atoms with van der Waals surface area (Å²) < 4.78 is 5.14. The maximum atomic E-state index is 5.14. The van der Waals surface area contributed by atoms with E-state index in [2.05, 4.69) is 6.07 Å². The van der Waals surface area contributed by atoms with Crippen molar-refractivity contribution in [2.24, 2.45) is 0 Å². The fraction of sp³-hybridized carbons (Fsp3) is 0.333. The van der Waals surface area contributed by atoms with E-state index < -0.39 is 0 Å². The van der Waals surface area contributed by atoms with E-state index >= 15 is 0 Å². The number of benzene rings is 1. The van der Waals surface area contributed by atoms with E-state index in [4.69, 9.17) is 4.74 Å². The minimum atomic E-state index is 0. The molecule has 11 heavy (non-hydrogen) atoms. The van der Waals surface area contributed by atoms with Gasteiger partial charge in [0.2, 0.25) is 0 Å². The van der Waals surface area contributed by atoms with Crippen LogP contribution in [0.4, 0.5) is 0 Å². The smallest absolute Gasteiger partial charge is 0.0607 e. The Labute approximate surface area is 104 Å². The summed E-state index contributed by atoms with van der Waals surface area (Å²) in [6.07, 6.45) is 0. The molecule has 0 amide bonds. The number of hydrogen-bond donors (Lipinski definition) is 0. The molecule has 1 aromatic rings. The fourth-order valence-electron chi connectivity index (χ4n) is 1.04. The van der Waals surface area contributed by atoms with Crippen molar-refractivity contribution in [3.63, 3.8) is 0 Å². The van der Waals surface area contributed by atoms with Gasteiger partial charge in [0.25, 0.3) is 0 Å². The van der Waals surface area contributed by atoms with Gasteiger partial charge in [-0.25, -0.2) is 0 Å². The molecule has 0 fully saturated rings. The maximum absolute atomic E-state index is 5.14. The predicted molar refractivity (Wildman–Crippen MR) is 41.3 cm³/mol. The Kier molecular flexibility index (Phi) is 5.38. The van der Waals surface area contributed by atoms with Crippen molar-refractivity contribution in [1.82, 2.24) is 0 Å². The molecular weight excluding hydrogens is 351 g/mol. The van der Waals surface area contributed by atoms with E-state index in [-0.39, 0.29) is 44.1 Å². The summed E-state index contributed by atoms with van der Waals surface area (Å²) >= 11 is 0. The number of hydrogen-bond acceptors (Lipinski definition) is 1. The molecule has 0 aliphatic carbocycles. The monoisotopic (exact) mass is 362 g/mol. The molecule has 1 nitrogen and oxygen atoms in total. The van der Waals surface area contributed by atoms with Crippen LogP contribution in [0.5, 0.6) is 5.75 Å². The zero-order valence-electron chi connectivity index (χ0n) is 7.14. The van der Waals surface area contributed by atoms with Crippen molar-refractivity contribution in [2.45, 2.75) is 13.8 Å².